The summed E-state index contributed by atoms with van der Waals surface area (Å²) in [6.45, 7) is 1.63. The van der Waals surface area contributed by atoms with Crippen molar-refractivity contribution in [1.29, 1.82) is 0 Å². The Labute approximate surface area is 219 Å². The normalized spacial score (nSPS) is 14.6. The minimum absolute atomic E-state index is 0.0757. The average Bonchev–Trinajstić information content (AvgIpc) is 3.16. The maximum Gasteiger partial charge on any atom is 0.327 e. The molecule has 36 heavy (non-hydrogen) atoms. The van der Waals surface area contributed by atoms with Gasteiger partial charge in [-0.3, -0.25) is 14.9 Å². The van der Waals surface area contributed by atoms with Crippen LogP contribution in [0.1, 0.15) is 29.4 Å². The molecule has 1 aliphatic rings. The van der Waals surface area contributed by atoms with Crippen molar-refractivity contribution in [3.05, 3.63) is 68.8 Å². The van der Waals surface area contributed by atoms with Crippen LogP contribution in [-0.4, -0.2) is 56.8 Å². The smallest absolute Gasteiger partial charge is 0.327 e. The fourth-order valence-electron chi connectivity index (χ4n) is 3.86. The number of nitrogens with zero attached hydrogens (tertiary/aromatic N) is 3. The number of amides is 1. The molecule has 1 fully saturated rings. The highest BCUT2D eigenvalue weighted by molar-refractivity contribution is 6.35. The number of halogens is 5. The number of aliphatic carboxylic acids is 1. The molecule has 2 heterocycles. The lowest BCUT2D eigenvalue weighted by atomic mass is 9.89. The quantitative estimate of drug-likeness (QED) is 0.381. The van der Waals surface area contributed by atoms with E-state index < -0.39 is 41.0 Å². The van der Waals surface area contributed by atoms with E-state index in [1.54, 1.807) is 6.92 Å². The molecule has 2 N–H and O–H groups in total. The molecule has 0 unspecified atom stereocenters. The van der Waals surface area contributed by atoms with Crippen molar-refractivity contribution in [2.24, 2.45) is 0 Å². The summed E-state index contributed by atoms with van der Waals surface area (Å²) in [6.07, 6.45) is -3.16. The fraction of sp³-hybridized carbons (Fsp3) is 0.261. The molecule has 0 atom stereocenters. The molecular weight excluding hydrogens is 541 g/mol. The number of carboxylic acid groups (broad SMARTS) is 1. The third-order valence-corrected chi connectivity index (χ3v) is 6.39. The summed E-state index contributed by atoms with van der Waals surface area (Å²) in [5.41, 5.74) is -2.57. The Bertz CT molecular complexity index is 1310. The van der Waals surface area contributed by atoms with Crippen LogP contribution in [0.2, 0.25) is 15.1 Å². The highest BCUT2D eigenvalue weighted by Gasteiger charge is 2.52. The van der Waals surface area contributed by atoms with Crippen molar-refractivity contribution >= 4 is 46.7 Å². The van der Waals surface area contributed by atoms with E-state index in [1.807, 2.05) is 0 Å². The number of aromatic nitrogens is 2. The SMILES string of the molecule is CCNC1(C(=O)O)CN(C(=O)c2nn(-c3ccc(Cl)cc3Cl)c(Oc3ccc(Cl)cc3)c2C(F)F)C1. The van der Waals surface area contributed by atoms with Crippen molar-refractivity contribution in [3.8, 4) is 17.3 Å². The van der Waals surface area contributed by atoms with E-state index in [0.717, 1.165) is 9.58 Å². The Hall–Kier alpha value is -2.92. The van der Waals surface area contributed by atoms with Crippen LogP contribution in [-0.2, 0) is 4.79 Å². The lowest BCUT2D eigenvalue weighted by molar-refractivity contribution is -0.151. The van der Waals surface area contributed by atoms with E-state index in [9.17, 15) is 23.5 Å². The van der Waals surface area contributed by atoms with Gasteiger partial charge in [-0.15, -0.1) is 0 Å². The first kappa shape index (κ1) is 26.2. The molecule has 1 saturated heterocycles. The van der Waals surface area contributed by atoms with Crippen molar-refractivity contribution < 1.29 is 28.2 Å². The molecule has 190 valence electrons. The minimum atomic E-state index is -3.16. The van der Waals surface area contributed by atoms with Crippen LogP contribution in [0.15, 0.2) is 42.5 Å². The molecule has 2 aromatic carbocycles. The fourth-order valence-corrected chi connectivity index (χ4v) is 4.47. The van der Waals surface area contributed by atoms with Gasteiger partial charge < -0.3 is 14.7 Å². The average molecular weight is 560 g/mol. The van der Waals surface area contributed by atoms with Crippen LogP contribution in [0.4, 0.5) is 8.78 Å². The molecule has 1 aromatic heterocycles. The second-order valence-electron chi connectivity index (χ2n) is 8.01. The number of carboxylic acids is 1. The summed E-state index contributed by atoms with van der Waals surface area (Å²) in [6, 6.07) is 10.3. The minimum Gasteiger partial charge on any atom is -0.480 e. The molecule has 13 heteroatoms. The molecule has 8 nitrogen and oxygen atoms in total. The first-order chi connectivity index (χ1) is 17.1. The van der Waals surface area contributed by atoms with Crippen LogP contribution in [0.3, 0.4) is 0 Å². The molecular formula is C23H19Cl3F2N4O4. The molecule has 0 spiro atoms. The van der Waals surface area contributed by atoms with E-state index in [-0.39, 0.29) is 29.5 Å². The predicted molar refractivity (Wildman–Crippen MR) is 130 cm³/mol. The Morgan fingerprint density at radius 2 is 1.78 bits per heavy atom. The van der Waals surface area contributed by atoms with Gasteiger partial charge in [0.25, 0.3) is 12.3 Å². The number of rotatable bonds is 8. The van der Waals surface area contributed by atoms with Gasteiger partial charge in [0.05, 0.1) is 23.8 Å². The summed E-state index contributed by atoms with van der Waals surface area (Å²) in [5, 5.41) is 17.3. The van der Waals surface area contributed by atoms with Gasteiger partial charge in [-0.05, 0) is 49.0 Å². The standard InChI is InChI=1S/C23H19Cl3F2N4O4/c1-2-29-23(22(34)35)10-31(11-23)20(33)18-17(19(27)28)21(36-14-6-3-12(24)4-7-14)32(30-18)16-8-5-13(25)9-15(16)26/h3-9,19,29H,2,10-11H2,1H3,(H,34,35). The Morgan fingerprint density at radius 1 is 1.14 bits per heavy atom. The molecule has 0 radical (unpaired) electrons. The second kappa shape index (κ2) is 10.2. The molecule has 1 aliphatic heterocycles. The molecule has 3 aromatic rings. The first-order valence-corrected chi connectivity index (χ1v) is 11.8. The Kier molecular flexibility index (Phi) is 7.42. The number of carbonyl (C=O) groups excluding carboxylic acids is 1. The molecule has 1 amide bonds. The summed E-state index contributed by atoms with van der Waals surface area (Å²) >= 11 is 18.2. The van der Waals surface area contributed by atoms with Gasteiger partial charge in [-0.1, -0.05) is 41.7 Å². The van der Waals surface area contributed by atoms with Crippen molar-refractivity contribution in [1.82, 2.24) is 20.0 Å². The van der Waals surface area contributed by atoms with Gasteiger partial charge in [-0.25, -0.2) is 8.78 Å². The van der Waals surface area contributed by atoms with Crippen LogP contribution < -0.4 is 10.1 Å². The van der Waals surface area contributed by atoms with E-state index in [2.05, 4.69) is 10.4 Å². The van der Waals surface area contributed by atoms with Crippen LogP contribution in [0.25, 0.3) is 5.69 Å². The summed E-state index contributed by atoms with van der Waals surface area (Å²) in [5.74, 6) is -2.29. The topological polar surface area (TPSA) is 96.7 Å². The largest absolute Gasteiger partial charge is 0.480 e. The van der Waals surface area contributed by atoms with Crippen molar-refractivity contribution in [2.75, 3.05) is 19.6 Å². The van der Waals surface area contributed by atoms with Gasteiger partial charge >= 0.3 is 5.97 Å². The zero-order valence-electron chi connectivity index (χ0n) is 18.6. The third-order valence-electron chi connectivity index (χ3n) is 5.60. The highest BCUT2D eigenvalue weighted by Crippen LogP contribution is 2.40. The third kappa shape index (κ3) is 4.86. The number of ether oxygens (including phenoxy) is 1. The second-order valence-corrected chi connectivity index (χ2v) is 9.29. The van der Waals surface area contributed by atoms with Crippen LogP contribution in [0.5, 0.6) is 11.6 Å². The zero-order valence-corrected chi connectivity index (χ0v) is 20.9. The maximum atomic E-state index is 14.4. The zero-order chi connectivity index (χ0) is 26.2. The summed E-state index contributed by atoms with van der Waals surface area (Å²) < 4.78 is 35.6. The Morgan fingerprint density at radius 3 is 2.33 bits per heavy atom. The summed E-state index contributed by atoms with van der Waals surface area (Å²) in [7, 11) is 0. The number of likely N-dealkylation sites (tertiary alicyclic amines) is 1. The maximum absolute atomic E-state index is 14.4. The monoisotopic (exact) mass is 558 g/mol. The van der Waals surface area contributed by atoms with E-state index in [1.165, 1.54) is 42.5 Å². The first-order valence-electron chi connectivity index (χ1n) is 10.6. The van der Waals surface area contributed by atoms with Crippen molar-refractivity contribution in [2.45, 2.75) is 18.9 Å². The van der Waals surface area contributed by atoms with Gasteiger partial charge in [0, 0.05) is 10.0 Å². The van der Waals surface area contributed by atoms with Crippen molar-refractivity contribution in [3.63, 3.8) is 0 Å². The number of carbonyl (C=O) groups is 2. The molecule has 0 aliphatic carbocycles. The Balaban J connectivity index is 1.81. The summed E-state index contributed by atoms with van der Waals surface area (Å²) in [4.78, 5) is 26.1. The van der Waals surface area contributed by atoms with E-state index in [4.69, 9.17) is 39.5 Å². The number of hydrogen-bond acceptors (Lipinski definition) is 5. The van der Waals surface area contributed by atoms with E-state index >= 15 is 0 Å². The van der Waals surface area contributed by atoms with Gasteiger partial charge in [0.2, 0.25) is 5.88 Å². The number of hydrogen-bond donors (Lipinski definition) is 2. The number of nitrogens with one attached hydrogen (secondary N) is 1. The highest BCUT2D eigenvalue weighted by atomic mass is 35.5. The van der Waals surface area contributed by atoms with Crippen LogP contribution in [0, 0.1) is 0 Å². The number of benzene rings is 2. The van der Waals surface area contributed by atoms with Gasteiger partial charge in [-0.2, -0.15) is 9.78 Å². The number of likely N-dealkylation sites (N-methyl/N-ethyl adjacent to an activating group) is 1. The predicted octanol–water partition coefficient (Wildman–Crippen LogP) is 5.45. The lowest BCUT2D eigenvalue weighted by Gasteiger charge is -2.47. The lowest BCUT2D eigenvalue weighted by Crippen LogP contribution is -2.74. The van der Waals surface area contributed by atoms with Gasteiger partial charge in [0.1, 0.15) is 11.3 Å². The number of alkyl halides is 2. The van der Waals surface area contributed by atoms with E-state index in [0.29, 0.717) is 16.6 Å². The van der Waals surface area contributed by atoms with Crippen LogP contribution >= 0.6 is 34.8 Å². The molecule has 4 rings (SSSR count). The molecule has 0 bridgehead atoms. The van der Waals surface area contributed by atoms with Gasteiger partial charge in [0.15, 0.2) is 11.2 Å². The molecule has 0 saturated carbocycles.